The van der Waals surface area contributed by atoms with Gasteiger partial charge in [-0.15, -0.1) is 11.3 Å². The van der Waals surface area contributed by atoms with Gasteiger partial charge in [0.05, 0.1) is 6.54 Å². The first kappa shape index (κ1) is 21.0. The van der Waals surface area contributed by atoms with Crippen LogP contribution >= 0.6 is 11.3 Å². The molecule has 0 fully saturated rings. The van der Waals surface area contributed by atoms with Gasteiger partial charge in [-0.2, -0.15) is 0 Å². The van der Waals surface area contributed by atoms with Gasteiger partial charge in [-0.3, -0.25) is 9.59 Å². The van der Waals surface area contributed by atoms with Crippen molar-refractivity contribution < 1.29 is 23.9 Å². The molecule has 0 aromatic carbocycles. The maximum absolute atomic E-state index is 11.9. The topological polar surface area (TPSA) is 93.7 Å². The van der Waals surface area contributed by atoms with Crippen LogP contribution in [0.25, 0.3) is 0 Å². The summed E-state index contributed by atoms with van der Waals surface area (Å²) in [6, 6.07) is 3.82. The highest BCUT2D eigenvalue weighted by Gasteiger charge is 2.18. The molecule has 0 saturated heterocycles. The van der Waals surface area contributed by atoms with E-state index in [1.165, 1.54) is 6.92 Å². The number of esters is 1. The summed E-state index contributed by atoms with van der Waals surface area (Å²) >= 11 is 1.54. The van der Waals surface area contributed by atoms with E-state index in [0.29, 0.717) is 19.5 Å². The Labute approximate surface area is 152 Å². The number of carbonyl (C=O) groups is 3. The average molecular weight is 370 g/mol. The highest BCUT2D eigenvalue weighted by molar-refractivity contribution is 7.09. The molecule has 0 aliphatic heterocycles. The Morgan fingerprint density at radius 2 is 1.96 bits per heavy atom. The molecule has 0 radical (unpaired) electrons. The van der Waals surface area contributed by atoms with Crippen LogP contribution in [0.2, 0.25) is 0 Å². The molecule has 2 N–H and O–H groups in total. The van der Waals surface area contributed by atoms with E-state index < -0.39 is 23.8 Å². The predicted molar refractivity (Wildman–Crippen MR) is 95.2 cm³/mol. The second-order valence-electron chi connectivity index (χ2n) is 6.46. The number of rotatable bonds is 8. The quantitative estimate of drug-likeness (QED) is 0.542. The van der Waals surface area contributed by atoms with Crippen LogP contribution < -0.4 is 10.6 Å². The molecule has 0 saturated carbocycles. The van der Waals surface area contributed by atoms with Crippen molar-refractivity contribution in [3.63, 3.8) is 0 Å². The monoisotopic (exact) mass is 370 g/mol. The Morgan fingerprint density at radius 3 is 2.56 bits per heavy atom. The zero-order chi connectivity index (χ0) is 18.9. The Balaban J connectivity index is 2.16. The fourth-order valence-electron chi connectivity index (χ4n) is 1.78. The van der Waals surface area contributed by atoms with Gasteiger partial charge in [0.25, 0.3) is 5.91 Å². The second-order valence-corrected chi connectivity index (χ2v) is 7.49. The minimum atomic E-state index is -0.855. The molecule has 8 heteroatoms. The van der Waals surface area contributed by atoms with E-state index in [1.54, 1.807) is 32.1 Å². The number of nitrogens with one attached hydrogen (secondary N) is 2. The van der Waals surface area contributed by atoms with Crippen molar-refractivity contribution >= 4 is 29.3 Å². The largest absolute Gasteiger partial charge is 0.453 e. The first-order valence-corrected chi connectivity index (χ1v) is 9.02. The molecule has 1 atom stereocenters. The van der Waals surface area contributed by atoms with Crippen LogP contribution in [0.5, 0.6) is 0 Å². The average Bonchev–Trinajstić information content (AvgIpc) is 3.00. The van der Waals surface area contributed by atoms with Gasteiger partial charge >= 0.3 is 12.1 Å². The van der Waals surface area contributed by atoms with Crippen LogP contribution in [-0.4, -0.2) is 36.2 Å². The third-order valence-corrected chi connectivity index (χ3v) is 3.80. The summed E-state index contributed by atoms with van der Waals surface area (Å²) in [4.78, 5) is 36.1. The van der Waals surface area contributed by atoms with Gasteiger partial charge in [0.1, 0.15) is 5.60 Å². The predicted octanol–water partition coefficient (Wildman–Crippen LogP) is 2.60. The number of carbonyl (C=O) groups excluding carboxylic acids is 3. The van der Waals surface area contributed by atoms with Gasteiger partial charge < -0.3 is 20.1 Å². The Morgan fingerprint density at radius 1 is 1.24 bits per heavy atom. The van der Waals surface area contributed by atoms with E-state index in [2.05, 4.69) is 10.6 Å². The fraction of sp³-hybridized carbons (Fsp3) is 0.588. The van der Waals surface area contributed by atoms with E-state index in [-0.39, 0.29) is 12.3 Å². The van der Waals surface area contributed by atoms with Crippen molar-refractivity contribution in [1.82, 2.24) is 10.6 Å². The van der Waals surface area contributed by atoms with Crippen LogP contribution in [-0.2, 0) is 25.6 Å². The molecular weight excluding hydrogens is 344 g/mol. The van der Waals surface area contributed by atoms with E-state index in [9.17, 15) is 14.4 Å². The van der Waals surface area contributed by atoms with E-state index >= 15 is 0 Å². The summed E-state index contributed by atoms with van der Waals surface area (Å²) in [6.07, 6.45) is -0.867. The van der Waals surface area contributed by atoms with Crippen molar-refractivity contribution in [3.05, 3.63) is 22.4 Å². The molecule has 0 unspecified atom stereocenters. The molecular formula is C17H26N2O5S. The van der Waals surface area contributed by atoms with Gasteiger partial charge in [0.15, 0.2) is 6.10 Å². The highest BCUT2D eigenvalue weighted by Crippen LogP contribution is 2.08. The lowest BCUT2D eigenvalue weighted by atomic mass is 10.2. The molecule has 140 valence electrons. The van der Waals surface area contributed by atoms with Crippen molar-refractivity contribution in [1.29, 1.82) is 0 Å². The maximum Gasteiger partial charge on any atom is 0.407 e. The van der Waals surface area contributed by atoms with Gasteiger partial charge in [-0.1, -0.05) is 6.07 Å². The number of alkyl carbamates (subject to hydrolysis) is 1. The molecule has 1 aromatic heterocycles. The first-order chi connectivity index (χ1) is 11.7. The van der Waals surface area contributed by atoms with Crippen LogP contribution in [0.4, 0.5) is 4.79 Å². The Bertz CT molecular complexity index is 566. The molecule has 0 bridgehead atoms. The number of hydrogen-bond donors (Lipinski definition) is 2. The molecule has 1 rings (SSSR count). The maximum atomic E-state index is 11.9. The van der Waals surface area contributed by atoms with Gasteiger partial charge in [-0.25, -0.2) is 4.79 Å². The van der Waals surface area contributed by atoms with Crippen molar-refractivity contribution in [3.8, 4) is 0 Å². The zero-order valence-corrected chi connectivity index (χ0v) is 15.9. The molecule has 7 nitrogen and oxygen atoms in total. The first-order valence-electron chi connectivity index (χ1n) is 8.14. The lowest BCUT2D eigenvalue weighted by Crippen LogP contribution is -2.35. The summed E-state index contributed by atoms with van der Waals surface area (Å²) in [5, 5.41) is 7.20. The van der Waals surface area contributed by atoms with Crippen LogP contribution in [0.3, 0.4) is 0 Å². The highest BCUT2D eigenvalue weighted by atomic mass is 32.1. The Kier molecular flexibility index (Phi) is 8.40. The minimum Gasteiger partial charge on any atom is -0.453 e. The van der Waals surface area contributed by atoms with Crippen LogP contribution in [0.15, 0.2) is 17.5 Å². The van der Waals surface area contributed by atoms with Crippen molar-refractivity contribution in [2.24, 2.45) is 0 Å². The smallest absolute Gasteiger partial charge is 0.407 e. The summed E-state index contributed by atoms with van der Waals surface area (Å²) < 4.78 is 10.2. The fourth-order valence-corrected chi connectivity index (χ4v) is 2.42. The molecule has 0 aliphatic rings. The van der Waals surface area contributed by atoms with Gasteiger partial charge in [-0.05, 0) is 45.6 Å². The summed E-state index contributed by atoms with van der Waals surface area (Å²) in [5.41, 5.74) is -0.561. The van der Waals surface area contributed by atoms with Crippen molar-refractivity contribution in [2.75, 3.05) is 6.54 Å². The number of amides is 2. The van der Waals surface area contributed by atoms with Gasteiger partial charge in [0.2, 0.25) is 0 Å². The molecule has 0 spiro atoms. The summed E-state index contributed by atoms with van der Waals surface area (Å²) in [7, 11) is 0. The Hall–Kier alpha value is -2.09. The number of ether oxygens (including phenoxy) is 2. The standard InChI is InChI=1S/C17H26N2O5S/c1-12(15(21)19-11-13-7-6-10-25-13)23-14(20)8-5-9-18-16(22)24-17(2,3)4/h6-7,10,12H,5,8-9,11H2,1-4H3,(H,18,22)(H,19,21)/t12-/m1/s1. The lowest BCUT2D eigenvalue weighted by molar-refractivity contribution is -0.154. The third kappa shape index (κ3) is 9.71. The zero-order valence-electron chi connectivity index (χ0n) is 15.1. The number of thiophene rings is 1. The summed E-state index contributed by atoms with van der Waals surface area (Å²) in [6.45, 7) is 7.56. The normalized spacial score (nSPS) is 12.2. The SMILES string of the molecule is C[C@@H](OC(=O)CCCNC(=O)OC(C)(C)C)C(=O)NCc1cccs1. The van der Waals surface area contributed by atoms with Crippen LogP contribution in [0.1, 0.15) is 45.4 Å². The van der Waals surface area contributed by atoms with Crippen molar-refractivity contribution in [2.45, 2.75) is 58.8 Å². The van der Waals surface area contributed by atoms with E-state index in [1.807, 2.05) is 17.5 Å². The lowest BCUT2D eigenvalue weighted by Gasteiger charge is -2.19. The molecule has 25 heavy (non-hydrogen) atoms. The summed E-state index contributed by atoms with van der Waals surface area (Å²) in [5.74, 6) is -0.821. The molecule has 0 aliphatic carbocycles. The van der Waals surface area contributed by atoms with E-state index in [4.69, 9.17) is 9.47 Å². The molecule has 2 amide bonds. The number of hydrogen-bond acceptors (Lipinski definition) is 6. The van der Waals surface area contributed by atoms with Crippen LogP contribution in [0, 0.1) is 0 Å². The van der Waals surface area contributed by atoms with E-state index in [0.717, 1.165) is 4.88 Å². The molecule has 1 aromatic rings. The molecule has 1 heterocycles. The third-order valence-electron chi connectivity index (χ3n) is 2.92. The second kappa shape index (κ2) is 10.0. The minimum absolute atomic E-state index is 0.109. The van der Waals surface area contributed by atoms with Gasteiger partial charge in [0, 0.05) is 17.8 Å².